The molecule has 0 amide bonds. The number of nitrogens with zero attached hydrogens (tertiary/aromatic N) is 1. The third-order valence-electron chi connectivity index (χ3n) is 2.52. The molecular weight excluding hydrogens is 228 g/mol. The maximum absolute atomic E-state index is 3.49. The first kappa shape index (κ1) is 16.8. The van der Waals surface area contributed by atoms with Crippen molar-refractivity contribution in [2.24, 2.45) is 0 Å². The maximum atomic E-state index is 3.49. The zero-order valence-electron chi connectivity index (χ0n) is 12.2. The average molecular weight is 256 g/mol. The lowest BCUT2D eigenvalue weighted by atomic mass is 10.1. The van der Waals surface area contributed by atoms with Crippen LogP contribution in [0.5, 0.6) is 0 Å². The monoisotopic (exact) mass is 256 g/mol. The Morgan fingerprint density at radius 1 is 1.29 bits per heavy atom. The van der Waals surface area contributed by atoms with Crippen molar-refractivity contribution in [2.75, 3.05) is 13.6 Å². The molecule has 0 aliphatic rings. The van der Waals surface area contributed by atoms with Gasteiger partial charge in [0.15, 0.2) is 0 Å². The van der Waals surface area contributed by atoms with Crippen molar-refractivity contribution in [2.45, 2.75) is 53.5 Å². The summed E-state index contributed by atoms with van der Waals surface area (Å²) in [7, 11) is 2.12. The van der Waals surface area contributed by atoms with Crippen LogP contribution in [0.15, 0.2) is 23.3 Å². The molecule has 0 aromatic carbocycles. The van der Waals surface area contributed by atoms with Crippen molar-refractivity contribution in [1.82, 2.24) is 9.03 Å². The quantitative estimate of drug-likeness (QED) is 0.518. The van der Waals surface area contributed by atoms with E-state index in [-0.39, 0.29) is 0 Å². The van der Waals surface area contributed by atoms with E-state index in [9.17, 15) is 0 Å². The van der Waals surface area contributed by atoms with Gasteiger partial charge in [-0.25, -0.2) is 9.03 Å². The number of hydrogen-bond acceptors (Lipinski definition) is 3. The molecule has 17 heavy (non-hydrogen) atoms. The normalized spacial score (nSPS) is 13.9. The minimum Gasteiger partial charge on any atom is -0.244 e. The van der Waals surface area contributed by atoms with Gasteiger partial charge in [-0.1, -0.05) is 37.1 Å². The number of rotatable bonds is 8. The molecule has 1 atom stereocenters. The topological polar surface area (TPSA) is 15.3 Å². The fourth-order valence-electron chi connectivity index (χ4n) is 1.45. The summed E-state index contributed by atoms with van der Waals surface area (Å²) in [6.07, 6.45) is 6.72. The van der Waals surface area contributed by atoms with Gasteiger partial charge in [-0.15, -0.1) is 0 Å². The van der Waals surface area contributed by atoms with E-state index in [2.05, 4.69) is 62.8 Å². The maximum Gasteiger partial charge on any atom is 0.0367 e. The smallest absolute Gasteiger partial charge is 0.0367 e. The number of nitrogens with one attached hydrogen (secondary N) is 1. The van der Waals surface area contributed by atoms with Crippen molar-refractivity contribution in [1.29, 1.82) is 0 Å². The SMILES string of the molecule is CCCN(C)SNC(C)/C(=C/C=C(C)C)CC. The average Bonchev–Trinajstić information content (AvgIpc) is 2.27. The molecule has 0 rings (SSSR count). The second-order valence-corrected chi connectivity index (χ2v) is 5.66. The highest BCUT2D eigenvalue weighted by molar-refractivity contribution is 7.95. The zero-order valence-corrected chi connectivity index (χ0v) is 13.0. The van der Waals surface area contributed by atoms with Crippen LogP contribution in [0.1, 0.15) is 47.5 Å². The molecule has 0 heterocycles. The molecule has 2 nitrogen and oxygen atoms in total. The Labute approximate surface area is 112 Å². The van der Waals surface area contributed by atoms with Crippen LogP contribution in [0.4, 0.5) is 0 Å². The molecule has 0 saturated heterocycles. The third kappa shape index (κ3) is 8.47. The Kier molecular flexibility index (Phi) is 9.60. The molecule has 0 aliphatic carbocycles. The van der Waals surface area contributed by atoms with Gasteiger partial charge in [-0.05, 0) is 40.7 Å². The zero-order chi connectivity index (χ0) is 13.3. The minimum atomic E-state index is 0.417. The van der Waals surface area contributed by atoms with Crippen LogP contribution < -0.4 is 4.72 Å². The van der Waals surface area contributed by atoms with E-state index in [1.165, 1.54) is 17.6 Å². The highest BCUT2D eigenvalue weighted by atomic mass is 32.2. The van der Waals surface area contributed by atoms with E-state index in [0.717, 1.165) is 13.0 Å². The fraction of sp³-hybridized carbons (Fsp3) is 0.714. The van der Waals surface area contributed by atoms with Crippen molar-refractivity contribution < 1.29 is 0 Å². The molecule has 0 aliphatic heterocycles. The van der Waals surface area contributed by atoms with Gasteiger partial charge in [0.2, 0.25) is 0 Å². The van der Waals surface area contributed by atoms with Crippen LogP contribution in [0, 0.1) is 0 Å². The Hall–Kier alpha value is -0.250. The summed E-state index contributed by atoms with van der Waals surface area (Å²) >= 11 is 1.71. The summed E-state index contributed by atoms with van der Waals surface area (Å²) in [6, 6.07) is 0.417. The minimum absolute atomic E-state index is 0.417. The number of allylic oxidation sites excluding steroid dienone is 3. The standard InChI is InChI=1S/C14H28N2S/c1-7-11-16(6)17-15-13(5)14(8-2)10-9-12(3)4/h9-10,13,15H,7-8,11H2,1-6H3/b14-10+. The second-order valence-electron chi connectivity index (χ2n) is 4.62. The van der Waals surface area contributed by atoms with E-state index in [1.54, 1.807) is 12.1 Å². The van der Waals surface area contributed by atoms with Crippen LogP contribution in [0.3, 0.4) is 0 Å². The first-order valence-electron chi connectivity index (χ1n) is 6.48. The Balaban J connectivity index is 4.22. The van der Waals surface area contributed by atoms with Crippen molar-refractivity contribution >= 4 is 12.1 Å². The van der Waals surface area contributed by atoms with Crippen molar-refractivity contribution in [3.05, 3.63) is 23.3 Å². The lowest BCUT2D eigenvalue weighted by Gasteiger charge is -2.20. The summed E-state index contributed by atoms with van der Waals surface area (Å²) in [6.45, 7) is 12.0. The van der Waals surface area contributed by atoms with E-state index < -0.39 is 0 Å². The van der Waals surface area contributed by atoms with E-state index >= 15 is 0 Å². The van der Waals surface area contributed by atoms with E-state index in [4.69, 9.17) is 0 Å². The summed E-state index contributed by atoms with van der Waals surface area (Å²) in [4.78, 5) is 0. The lowest BCUT2D eigenvalue weighted by Crippen LogP contribution is -2.26. The van der Waals surface area contributed by atoms with Crippen LogP contribution >= 0.6 is 12.1 Å². The summed E-state index contributed by atoms with van der Waals surface area (Å²) in [5.74, 6) is 0. The number of hydrogen-bond donors (Lipinski definition) is 1. The molecule has 3 heteroatoms. The first-order valence-corrected chi connectivity index (χ1v) is 7.26. The molecule has 0 bridgehead atoms. The third-order valence-corrected chi connectivity index (χ3v) is 3.47. The van der Waals surface area contributed by atoms with Crippen LogP contribution in [-0.2, 0) is 0 Å². The predicted molar refractivity (Wildman–Crippen MR) is 80.9 cm³/mol. The first-order chi connectivity index (χ1) is 8.01. The van der Waals surface area contributed by atoms with Gasteiger partial charge >= 0.3 is 0 Å². The molecule has 0 radical (unpaired) electrons. The molecule has 0 spiro atoms. The molecule has 1 unspecified atom stereocenters. The van der Waals surface area contributed by atoms with E-state index in [1.807, 2.05) is 0 Å². The highest BCUT2D eigenvalue weighted by Gasteiger charge is 2.07. The summed E-state index contributed by atoms with van der Waals surface area (Å²) in [5, 5.41) is 0. The molecular formula is C14H28N2S. The van der Waals surface area contributed by atoms with Crippen LogP contribution in [0.2, 0.25) is 0 Å². The van der Waals surface area contributed by atoms with Gasteiger partial charge in [-0.2, -0.15) is 0 Å². The van der Waals surface area contributed by atoms with Gasteiger partial charge in [-0.3, -0.25) is 0 Å². The summed E-state index contributed by atoms with van der Waals surface area (Å²) < 4.78 is 5.73. The van der Waals surface area contributed by atoms with Crippen LogP contribution in [-0.4, -0.2) is 23.9 Å². The molecule has 0 aromatic heterocycles. The molecule has 1 N–H and O–H groups in total. The second kappa shape index (κ2) is 9.75. The molecule has 0 saturated carbocycles. The highest BCUT2D eigenvalue weighted by Crippen LogP contribution is 2.12. The van der Waals surface area contributed by atoms with Gasteiger partial charge in [0.1, 0.15) is 0 Å². The molecule has 100 valence electrons. The van der Waals surface area contributed by atoms with Crippen molar-refractivity contribution in [3.63, 3.8) is 0 Å². The fourth-order valence-corrected chi connectivity index (χ4v) is 2.21. The molecule has 0 aromatic rings. The van der Waals surface area contributed by atoms with Gasteiger partial charge in [0, 0.05) is 24.7 Å². The Morgan fingerprint density at radius 2 is 1.94 bits per heavy atom. The largest absolute Gasteiger partial charge is 0.244 e. The van der Waals surface area contributed by atoms with Gasteiger partial charge in [0.25, 0.3) is 0 Å². The van der Waals surface area contributed by atoms with Crippen LogP contribution in [0.25, 0.3) is 0 Å². The van der Waals surface area contributed by atoms with Gasteiger partial charge in [0.05, 0.1) is 0 Å². The lowest BCUT2D eigenvalue weighted by molar-refractivity contribution is 0.550. The Bertz CT molecular complexity index is 255. The predicted octanol–water partition coefficient (Wildman–Crippen LogP) is 4.17. The molecule has 0 fully saturated rings. The van der Waals surface area contributed by atoms with Crippen molar-refractivity contribution in [3.8, 4) is 0 Å². The Morgan fingerprint density at radius 3 is 2.41 bits per heavy atom. The summed E-state index contributed by atoms with van der Waals surface area (Å²) in [5.41, 5.74) is 2.79. The van der Waals surface area contributed by atoms with E-state index in [0.29, 0.717) is 6.04 Å². The van der Waals surface area contributed by atoms with Gasteiger partial charge < -0.3 is 0 Å².